The Morgan fingerprint density at radius 1 is 1.09 bits per heavy atom. The molecule has 1 fully saturated rings. The highest BCUT2D eigenvalue weighted by Gasteiger charge is 2.33. The second-order valence-electron chi connectivity index (χ2n) is 8.29. The zero-order chi connectivity index (χ0) is 23.8. The molecule has 0 aromatic heterocycles. The first-order valence-corrected chi connectivity index (χ1v) is 11.4. The number of hydrogen-bond donors (Lipinski definition) is 4. The fraction of sp³-hybridized carbons (Fsp3) is 0.375. The Morgan fingerprint density at radius 3 is 2.55 bits per heavy atom. The minimum Gasteiger partial charge on any atom is -0.370 e. The Balaban J connectivity index is 1.63. The Labute approximate surface area is 197 Å². The van der Waals surface area contributed by atoms with Crippen LogP contribution in [-0.4, -0.2) is 30.4 Å². The lowest BCUT2D eigenvalue weighted by molar-refractivity contribution is -0.137. The third kappa shape index (κ3) is 7.18. The monoisotopic (exact) mass is 473 g/mol. The average Bonchev–Trinajstić information content (AvgIpc) is 2.80. The van der Waals surface area contributed by atoms with Crippen molar-refractivity contribution in [3.05, 3.63) is 64.9 Å². The molecule has 0 aliphatic heterocycles. The van der Waals surface area contributed by atoms with Crippen molar-refractivity contribution in [3.63, 3.8) is 0 Å². The zero-order valence-electron chi connectivity index (χ0n) is 18.3. The summed E-state index contributed by atoms with van der Waals surface area (Å²) >= 11 is 5.66. The van der Waals surface area contributed by atoms with E-state index in [1.54, 1.807) is 0 Å². The topological polar surface area (TPSA) is 123 Å². The minimum absolute atomic E-state index is 0.0565. The molecule has 6 N–H and O–H groups in total. The maximum Gasteiger partial charge on any atom is 0.313 e. The third-order valence-corrected chi connectivity index (χ3v) is 6.29. The fourth-order valence-electron chi connectivity index (χ4n) is 4.36. The number of carbonyl (C=O) groups is 2. The van der Waals surface area contributed by atoms with E-state index < -0.39 is 17.6 Å². The van der Waals surface area contributed by atoms with Gasteiger partial charge in [-0.3, -0.25) is 14.6 Å². The summed E-state index contributed by atoms with van der Waals surface area (Å²) in [5.74, 6) is -1.65. The first-order valence-electron chi connectivity index (χ1n) is 11.0. The van der Waals surface area contributed by atoms with E-state index in [-0.39, 0.29) is 28.6 Å². The fourth-order valence-corrected chi connectivity index (χ4v) is 4.48. The predicted molar refractivity (Wildman–Crippen MR) is 128 cm³/mol. The van der Waals surface area contributed by atoms with Crippen molar-refractivity contribution >= 4 is 35.1 Å². The number of benzene rings is 2. The molecule has 0 bridgehead atoms. The molecule has 7 nitrogen and oxygen atoms in total. The normalized spacial score (nSPS) is 20.0. The minimum atomic E-state index is -0.846. The number of amides is 2. The highest BCUT2D eigenvalue weighted by molar-refractivity contribution is 6.39. The van der Waals surface area contributed by atoms with E-state index in [1.807, 2.05) is 18.2 Å². The molecule has 0 spiro atoms. The quantitative estimate of drug-likeness (QED) is 0.212. The van der Waals surface area contributed by atoms with Crippen molar-refractivity contribution < 1.29 is 14.0 Å². The van der Waals surface area contributed by atoms with Crippen LogP contribution in [0.25, 0.3) is 0 Å². The summed E-state index contributed by atoms with van der Waals surface area (Å²) in [6.07, 6.45) is 4.13. The molecule has 3 atom stereocenters. The molecule has 0 radical (unpaired) electrons. The number of guanidine groups is 1. The van der Waals surface area contributed by atoms with E-state index in [0.717, 1.165) is 38.2 Å². The smallest absolute Gasteiger partial charge is 0.313 e. The van der Waals surface area contributed by atoms with Crippen LogP contribution in [0.15, 0.2) is 53.5 Å². The molecule has 3 unspecified atom stereocenters. The Kier molecular flexibility index (Phi) is 8.65. The third-order valence-electron chi connectivity index (χ3n) is 5.98. The summed E-state index contributed by atoms with van der Waals surface area (Å²) < 4.78 is 13.6. The van der Waals surface area contributed by atoms with Gasteiger partial charge < -0.3 is 22.1 Å². The predicted octanol–water partition coefficient (Wildman–Crippen LogP) is 3.54. The number of rotatable bonds is 7. The van der Waals surface area contributed by atoms with E-state index >= 15 is 0 Å². The van der Waals surface area contributed by atoms with Crippen molar-refractivity contribution in [3.8, 4) is 0 Å². The molecule has 0 saturated heterocycles. The first kappa shape index (κ1) is 24.5. The summed E-state index contributed by atoms with van der Waals surface area (Å²) in [4.78, 5) is 29.0. The highest BCUT2D eigenvalue weighted by atomic mass is 35.5. The number of nitrogens with one attached hydrogen (secondary N) is 2. The summed E-state index contributed by atoms with van der Waals surface area (Å²) in [7, 11) is 0. The molecule has 2 amide bonds. The van der Waals surface area contributed by atoms with Gasteiger partial charge in [0.05, 0.1) is 5.02 Å². The van der Waals surface area contributed by atoms with Crippen molar-refractivity contribution in [2.24, 2.45) is 22.4 Å². The molecule has 0 heterocycles. The lowest BCUT2D eigenvalue weighted by Crippen LogP contribution is -2.47. The van der Waals surface area contributed by atoms with Crippen LogP contribution in [-0.2, 0) is 9.59 Å². The number of hydrogen-bond acceptors (Lipinski definition) is 3. The van der Waals surface area contributed by atoms with Crippen molar-refractivity contribution in [1.29, 1.82) is 0 Å². The lowest BCUT2D eigenvalue weighted by Gasteiger charge is -2.37. The molecular weight excluding hydrogens is 445 g/mol. The van der Waals surface area contributed by atoms with Gasteiger partial charge >= 0.3 is 11.8 Å². The van der Waals surface area contributed by atoms with Gasteiger partial charge in [0.15, 0.2) is 5.96 Å². The number of carbonyl (C=O) groups excluding carboxylic acids is 2. The van der Waals surface area contributed by atoms with Gasteiger partial charge in [-0.2, -0.15) is 0 Å². The highest BCUT2D eigenvalue weighted by Crippen LogP contribution is 2.38. The van der Waals surface area contributed by atoms with Crippen LogP contribution in [0.3, 0.4) is 0 Å². The second kappa shape index (κ2) is 11.7. The Hall–Kier alpha value is -3.13. The number of nitrogens with zero attached hydrogens (tertiary/aromatic N) is 1. The number of aliphatic imine (C=N–C) groups is 1. The van der Waals surface area contributed by atoms with Crippen LogP contribution in [0.5, 0.6) is 0 Å². The Morgan fingerprint density at radius 2 is 1.85 bits per heavy atom. The van der Waals surface area contributed by atoms with Gasteiger partial charge in [-0.1, -0.05) is 41.9 Å². The van der Waals surface area contributed by atoms with Gasteiger partial charge in [0, 0.05) is 18.3 Å². The molecule has 1 aliphatic rings. The van der Waals surface area contributed by atoms with E-state index in [1.165, 1.54) is 17.7 Å². The van der Waals surface area contributed by atoms with Crippen molar-refractivity contribution in [2.45, 2.75) is 44.1 Å². The van der Waals surface area contributed by atoms with E-state index in [9.17, 15) is 14.0 Å². The molecule has 1 aliphatic carbocycles. The standard InChI is InChI=1S/C24H29ClFN5O2/c25-19-10-9-18(14-20(19)26)30-22(32)23(33)31-21-11-8-16(15-5-2-1-3-6-15)13-17(21)7-4-12-29-24(27)28/h1-3,5-6,9-10,14,16-17,21H,4,7-8,11-13H2,(H,30,32)(H,31,33)(H4,27,28,29). The molecular formula is C24H29ClFN5O2. The van der Waals surface area contributed by atoms with Crippen LogP contribution < -0.4 is 22.1 Å². The maximum absolute atomic E-state index is 13.6. The zero-order valence-corrected chi connectivity index (χ0v) is 19.0. The average molecular weight is 474 g/mol. The first-order chi connectivity index (χ1) is 15.8. The van der Waals surface area contributed by atoms with Gasteiger partial charge in [0.25, 0.3) is 0 Å². The van der Waals surface area contributed by atoms with Crippen molar-refractivity contribution in [1.82, 2.24) is 5.32 Å². The van der Waals surface area contributed by atoms with E-state index in [4.69, 9.17) is 23.1 Å². The van der Waals surface area contributed by atoms with Gasteiger partial charge in [-0.05, 0) is 67.7 Å². The summed E-state index contributed by atoms with van der Waals surface area (Å²) in [6.45, 7) is 0.512. The Bertz CT molecular complexity index is 998. The van der Waals surface area contributed by atoms with Crippen LogP contribution >= 0.6 is 11.6 Å². The largest absolute Gasteiger partial charge is 0.370 e. The van der Waals surface area contributed by atoms with Crippen LogP contribution in [0, 0.1) is 11.7 Å². The van der Waals surface area contributed by atoms with Crippen molar-refractivity contribution in [2.75, 3.05) is 11.9 Å². The molecule has 9 heteroatoms. The van der Waals surface area contributed by atoms with Gasteiger partial charge in [-0.15, -0.1) is 0 Å². The summed E-state index contributed by atoms with van der Waals surface area (Å²) in [5.41, 5.74) is 12.3. The van der Waals surface area contributed by atoms with Crippen LogP contribution in [0.4, 0.5) is 10.1 Å². The molecule has 33 heavy (non-hydrogen) atoms. The van der Waals surface area contributed by atoms with Gasteiger partial charge in [0.2, 0.25) is 0 Å². The summed E-state index contributed by atoms with van der Waals surface area (Å²) in [5, 5.41) is 5.24. The second-order valence-corrected chi connectivity index (χ2v) is 8.70. The summed E-state index contributed by atoms with van der Waals surface area (Å²) in [6, 6.07) is 14.0. The molecule has 3 rings (SSSR count). The van der Waals surface area contributed by atoms with Crippen LogP contribution in [0.2, 0.25) is 5.02 Å². The molecule has 2 aromatic rings. The lowest BCUT2D eigenvalue weighted by atomic mass is 9.73. The SMILES string of the molecule is NC(N)=NCCCC1CC(c2ccccc2)CCC1NC(=O)C(=O)Nc1ccc(Cl)c(F)c1. The van der Waals surface area contributed by atoms with E-state index in [2.05, 4.69) is 27.8 Å². The van der Waals surface area contributed by atoms with Crippen LogP contribution in [0.1, 0.15) is 43.6 Å². The van der Waals surface area contributed by atoms with Gasteiger partial charge in [0.1, 0.15) is 5.82 Å². The maximum atomic E-state index is 13.6. The number of halogens is 2. The number of nitrogens with two attached hydrogens (primary N) is 2. The molecule has 2 aromatic carbocycles. The molecule has 176 valence electrons. The van der Waals surface area contributed by atoms with E-state index in [0.29, 0.717) is 12.5 Å². The number of anilines is 1. The van der Waals surface area contributed by atoms with Gasteiger partial charge in [-0.25, -0.2) is 4.39 Å². The molecule has 1 saturated carbocycles.